The number of imidazole rings is 1. The molecule has 0 aliphatic rings. The average molecular weight is 382 g/mol. The lowest BCUT2D eigenvalue weighted by Crippen LogP contribution is -2.02. The summed E-state index contributed by atoms with van der Waals surface area (Å²) in [6.45, 7) is 4.34. The molecular formula is C24H19N3S. The second kappa shape index (κ2) is 6.73. The number of hydrogen-bond donors (Lipinski definition) is 0. The van der Waals surface area contributed by atoms with Gasteiger partial charge in [-0.3, -0.25) is 4.57 Å². The molecule has 0 unspecified atom stereocenters. The van der Waals surface area contributed by atoms with Crippen molar-refractivity contribution in [2.75, 3.05) is 0 Å². The first kappa shape index (κ1) is 16.9. The van der Waals surface area contributed by atoms with Crippen LogP contribution in [0.25, 0.3) is 38.4 Å². The topological polar surface area (TPSA) is 30.7 Å². The van der Waals surface area contributed by atoms with Gasteiger partial charge in [-0.05, 0) is 60.4 Å². The van der Waals surface area contributed by atoms with Gasteiger partial charge in [0.2, 0.25) is 0 Å². The van der Waals surface area contributed by atoms with Crippen molar-refractivity contribution in [3.05, 3.63) is 89.7 Å². The van der Waals surface area contributed by atoms with Crippen LogP contribution < -0.4 is 0 Å². The monoisotopic (exact) mass is 381 g/mol. The van der Waals surface area contributed by atoms with Crippen LogP contribution in [-0.2, 0) is 0 Å². The van der Waals surface area contributed by atoms with E-state index in [0.717, 1.165) is 16.9 Å². The standard InChI is InChI=1S/C24H19N3S/c1-16-13-19(18-7-4-3-5-8-18)14-17(2)23(16)27-12-11-25-24(27)20-9-6-10-21-22(20)26-15-28-21/h3-15H,1-2H3. The Balaban J connectivity index is 1.68. The predicted octanol–water partition coefficient (Wildman–Crippen LogP) is 6.43. The number of aryl methyl sites for hydroxylation is 2. The third kappa shape index (κ3) is 2.74. The van der Waals surface area contributed by atoms with Crippen LogP contribution in [-0.4, -0.2) is 14.5 Å². The normalized spacial score (nSPS) is 11.2. The van der Waals surface area contributed by atoms with Crippen molar-refractivity contribution in [1.29, 1.82) is 0 Å². The Labute approximate surface area is 168 Å². The second-order valence-electron chi connectivity index (χ2n) is 6.95. The van der Waals surface area contributed by atoms with E-state index in [1.165, 1.54) is 32.6 Å². The summed E-state index contributed by atoms with van der Waals surface area (Å²) in [5, 5.41) is 0. The molecule has 0 amide bonds. The Morgan fingerprint density at radius 2 is 1.61 bits per heavy atom. The SMILES string of the molecule is Cc1cc(-c2ccccc2)cc(C)c1-n1ccnc1-c1cccc2scnc12. The van der Waals surface area contributed by atoms with Crippen molar-refractivity contribution in [3.8, 4) is 28.2 Å². The van der Waals surface area contributed by atoms with E-state index < -0.39 is 0 Å². The van der Waals surface area contributed by atoms with Crippen LogP contribution >= 0.6 is 11.3 Å². The summed E-state index contributed by atoms with van der Waals surface area (Å²) in [4.78, 5) is 9.26. The molecule has 5 aromatic rings. The first-order valence-electron chi connectivity index (χ1n) is 9.25. The fourth-order valence-electron chi connectivity index (χ4n) is 3.88. The van der Waals surface area contributed by atoms with Gasteiger partial charge in [-0.25, -0.2) is 9.97 Å². The summed E-state index contributed by atoms with van der Waals surface area (Å²) in [6.07, 6.45) is 3.91. The van der Waals surface area contributed by atoms with Gasteiger partial charge >= 0.3 is 0 Å². The molecule has 0 aliphatic carbocycles. The highest BCUT2D eigenvalue weighted by atomic mass is 32.1. The van der Waals surface area contributed by atoms with Crippen LogP contribution in [0.2, 0.25) is 0 Å². The van der Waals surface area contributed by atoms with Gasteiger partial charge in [0.1, 0.15) is 5.82 Å². The second-order valence-corrected chi connectivity index (χ2v) is 7.84. The van der Waals surface area contributed by atoms with Gasteiger partial charge < -0.3 is 0 Å². The Morgan fingerprint density at radius 1 is 0.821 bits per heavy atom. The highest BCUT2D eigenvalue weighted by Gasteiger charge is 2.16. The highest BCUT2D eigenvalue weighted by molar-refractivity contribution is 7.16. The fraction of sp³-hybridized carbons (Fsp3) is 0.0833. The summed E-state index contributed by atoms with van der Waals surface area (Å²) in [6, 6.07) is 21.3. The minimum absolute atomic E-state index is 0.926. The summed E-state index contributed by atoms with van der Waals surface area (Å²) >= 11 is 1.66. The Hall–Kier alpha value is -3.24. The van der Waals surface area contributed by atoms with Crippen molar-refractivity contribution in [2.45, 2.75) is 13.8 Å². The van der Waals surface area contributed by atoms with E-state index in [1.807, 2.05) is 17.9 Å². The number of thiazole rings is 1. The maximum absolute atomic E-state index is 4.68. The molecule has 3 aromatic carbocycles. The summed E-state index contributed by atoms with van der Waals surface area (Å²) in [5.41, 5.74) is 10.1. The molecule has 136 valence electrons. The van der Waals surface area contributed by atoms with Crippen LogP contribution in [0.5, 0.6) is 0 Å². The maximum atomic E-state index is 4.68. The third-order valence-corrected chi connectivity index (χ3v) is 5.88. The van der Waals surface area contributed by atoms with Crippen LogP contribution in [0.3, 0.4) is 0 Å². The van der Waals surface area contributed by atoms with Crippen molar-refractivity contribution in [1.82, 2.24) is 14.5 Å². The van der Waals surface area contributed by atoms with Crippen LogP contribution in [0.4, 0.5) is 0 Å². The molecule has 0 bridgehead atoms. The molecule has 0 aliphatic heterocycles. The van der Waals surface area contributed by atoms with Gasteiger partial charge in [-0.1, -0.05) is 36.4 Å². The number of aromatic nitrogens is 3. The zero-order valence-corrected chi connectivity index (χ0v) is 16.6. The van der Waals surface area contributed by atoms with Gasteiger partial charge in [0, 0.05) is 18.0 Å². The molecule has 2 heterocycles. The fourth-order valence-corrected chi connectivity index (χ4v) is 4.59. The lowest BCUT2D eigenvalue weighted by Gasteiger charge is -2.16. The molecule has 4 heteroatoms. The molecule has 0 radical (unpaired) electrons. The molecule has 0 atom stereocenters. The van der Waals surface area contributed by atoms with Gasteiger partial charge in [-0.15, -0.1) is 11.3 Å². The van der Waals surface area contributed by atoms with E-state index >= 15 is 0 Å². The quantitative estimate of drug-likeness (QED) is 0.360. The number of nitrogens with zero attached hydrogens (tertiary/aromatic N) is 3. The smallest absolute Gasteiger partial charge is 0.146 e. The number of para-hydroxylation sites is 1. The first-order chi connectivity index (χ1) is 13.7. The van der Waals surface area contributed by atoms with Gasteiger partial charge in [-0.2, -0.15) is 0 Å². The molecule has 0 spiro atoms. The summed E-state index contributed by atoms with van der Waals surface area (Å²) < 4.78 is 3.37. The summed E-state index contributed by atoms with van der Waals surface area (Å²) in [5.74, 6) is 0.926. The van der Waals surface area contributed by atoms with Crippen molar-refractivity contribution < 1.29 is 0 Å². The average Bonchev–Trinajstić information content (AvgIpc) is 3.37. The number of benzene rings is 3. The Bertz CT molecular complexity index is 1260. The van der Waals surface area contributed by atoms with Crippen LogP contribution in [0.15, 0.2) is 78.6 Å². The molecule has 0 fully saturated rings. The van der Waals surface area contributed by atoms with Gasteiger partial charge in [0.25, 0.3) is 0 Å². The number of hydrogen-bond acceptors (Lipinski definition) is 3. The minimum atomic E-state index is 0.926. The van der Waals surface area contributed by atoms with Crippen molar-refractivity contribution in [3.63, 3.8) is 0 Å². The third-order valence-electron chi connectivity index (χ3n) is 5.08. The van der Waals surface area contributed by atoms with Gasteiger partial charge in [0.05, 0.1) is 21.4 Å². The number of rotatable bonds is 3. The van der Waals surface area contributed by atoms with Crippen molar-refractivity contribution >= 4 is 21.6 Å². The molecular weight excluding hydrogens is 362 g/mol. The zero-order valence-electron chi connectivity index (χ0n) is 15.8. The lowest BCUT2D eigenvalue weighted by molar-refractivity contribution is 1.03. The van der Waals surface area contributed by atoms with Gasteiger partial charge in [0.15, 0.2) is 0 Å². The molecule has 0 saturated heterocycles. The lowest BCUT2D eigenvalue weighted by atomic mass is 9.98. The Kier molecular flexibility index (Phi) is 4.06. The molecule has 2 aromatic heterocycles. The number of fused-ring (bicyclic) bond motifs is 1. The molecule has 3 nitrogen and oxygen atoms in total. The molecule has 0 saturated carbocycles. The highest BCUT2D eigenvalue weighted by Crippen LogP contribution is 2.33. The maximum Gasteiger partial charge on any atom is 0.146 e. The Morgan fingerprint density at radius 3 is 2.39 bits per heavy atom. The summed E-state index contributed by atoms with van der Waals surface area (Å²) in [7, 11) is 0. The van der Waals surface area contributed by atoms with Crippen LogP contribution in [0.1, 0.15) is 11.1 Å². The molecule has 0 N–H and O–H groups in total. The first-order valence-corrected chi connectivity index (χ1v) is 10.1. The van der Waals surface area contributed by atoms with Crippen LogP contribution in [0, 0.1) is 13.8 Å². The zero-order chi connectivity index (χ0) is 19.1. The van der Waals surface area contributed by atoms with E-state index in [-0.39, 0.29) is 0 Å². The molecule has 28 heavy (non-hydrogen) atoms. The predicted molar refractivity (Wildman–Crippen MR) is 117 cm³/mol. The van der Waals surface area contributed by atoms with E-state index in [9.17, 15) is 0 Å². The van der Waals surface area contributed by atoms with E-state index in [1.54, 1.807) is 11.3 Å². The largest absolute Gasteiger partial charge is 0.299 e. The van der Waals surface area contributed by atoms with E-state index in [2.05, 4.69) is 89.0 Å². The van der Waals surface area contributed by atoms with Crippen molar-refractivity contribution in [2.24, 2.45) is 0 Å². The minimum Gasteiger partial charge on any atom is -0.299 e. The van der Waals surface area contributed by atoms with E-state index in [4.69, 9.17) is 0 Å². The van der Waals surface area contributed by atoms with E-state index in [0.29, 0.717) is 0 Å². The molecule has 5 rings (SSSR count).